The second kappa shape index (κ2) is 10.5. The van der Waals surface area contributed by atoms with E-state index < -0.39 is 70.2 Å². The molecule has 0 bridgehead atoms. The Balaban J connectivity index is 3.22. The molecule has 2 atom stereocenters. The summed E-state index contributed by atoms with van der Waals surface area (Å²) >= 11 is 0. The molecule has 172 valence electrons. The number of alkyl carbamates (subject to hydrolysis) is 1. The van der Waals surface area contributed by atoms with Gasteiger partial charge in [0, 0.05) is 12.5 Å². The number of nitrogens with zero attached hydrogens (tertiary/aromatic N) is 1. The van der Waals surface area contributed by atoms with Crippen LogP contribution in [-0.2, 0) is 23.8 Å². The summed E-state index contributed by atoms with van der Waals surface area (Å²) in [5, 5.41) is 13.3. The zero-order valence-electron chi connectivity index (χ0n) is 17.4. The maximum atomic E-state index is 13.6. The van der Waals surface area contributed by atoms with E-state index in [9.17, 15) is 33.3 Å². The zero-order valence-corrected chi connectivity index (χ0v) is 17.4. The molecule has 13 heteroatoms. The van der Waals surface area contributed by atoms with E-state index in [-0.39, 0.29) is 6.07 Å². The largest absolute Gasteiger partial charge is 0.471 e. The number of nitro groups is 1. The summed E-state index contributed by atoms with van der Waals surface area (Å²) in [5.41, 5.74) is -1.88. The summed E-state index contributed by atoms with van der Waals surface area (Å²) in [7, 11) is 1.98. The third-order valence-electron chi connectivity index (χ3n) is 3.56. The first-order valence-electron chi connectivity index (χ1n) is 8.74. The molecule has 1 aromatic carbocycles. The van der Waals surface area contributed by atoms with Crippen LogP contribution in [0.4, 0.5) is 19.3 Å². The minimum absolute atomic E-state index is 0.274. The van der Waals surface area contributed by atoms with Crippen LogP contribution in [0.25, 0.3) is 0 Å². The predicted molar refractivity (Wildman–Crippen MR) is 99.2 cm³/mol. The molecule has 0 unspecified atom stereocenters. The molecule has 1 aromatic rings. The molecule has 0 aliphatic rings. The molecule has 0 radical (unpaired) electrons. The first-order chi connectivity index (χ1) is 14.3. The lowest BCUT2D eigenvalue weighted by molar-refractivity contribution is -0.386. The molecule has 0 aromatic heterocycles. The number of nitrogens with one attached hydrogen (secondary N) is 1. The van der Waals surface area contributed by atoms with Crippen LogP contribution in [0.1, 0.15) is 27.2 Å². The Morgan fingerprint density at radius 3 is 2.13 bits per heavy atom. The van der Waals surface area contributed by atoms with Crippen molar-refractivity contribution < 1.29 is 47.0 Å². The van der Waals surface area contributed by atoms with E-state index >= 15 is 0 Å². The topological polar surface area (TPSA) is 143 Å². The van der Waals surface area contributed by atoms with Crippen molar-refractivity contribution in [3.63, 3.8) is 0 Å². The van der Waals surface area contributed by atoms with Crippen molar-refractivity contribution in [1.82, 2.24) is 5.32 Å². The van der Waals surface area contributed by atoms with Crippen molar-refractivity contribution >= 4 is 23.7 Å². The van der Waals surface area contributed by atoms with Gasteiger partial charge in [-0.25, -0.2) is 23.2 Å². The summed E-state index contributed by atoms with van der Waals surface area (Å²) in [5.74, 6) is -5.88. The van der Waals surface area contributed by atoms with Crippen LogP contribution >= 0.6 is 0 Å². The van der Waals surface area contributed by atoms with Gasteiger partial charge in [-0.2, -0.15) is 0 Å². The molecule has 1 amide bonds. The summed E-state index contributed by atoms with van der Waals surface area (Å²) in [6, 6.07) is -0.860. The highest BCUT2D eigenvalue weighted by molar-refractivity contribution is 5.83. The molecule has 0 heterocycles. The number of halogens is 2. The Morgan fingerprint density at radius 1 is 1.10 bits per heavy atom. The number of rotatable bonds is 8. The van der Waals surface area contributed by atoms with Crippen LogP contribution in [0.2, 0.25) is 0 Å². The van der Waals surface area contributed by atoms with E-state index in [1.807, 2.05) is 0 Å². The van der Waals surface area contributed by atoms with E-state index in [2.05, 4.69) is 14.8 Å². The third-order valence-corrected chi connectivity index (χ3v) is 3.56. The molecular formula is C18H22F2N2O9. The van der Waals surface area contributed by atoms with Crippen LogP contribution in [0.5, 0.6) is 5.75 Å². The SMILES string of the molecule is COC(=O)[C@H](C[C@H](Oc1cc(F)c(F)cc1[N+](=O)[O-])C(=O)OC)NC(=O)OC(C)(C)C. The van der Waals surface area contributed by atoms with Crippen molar-refractivity contribution in [2.24, 2.45) is 0 Å². The Morgan fingerprint density at radius 2 is 1.65 bits per heavy atom. The van der Waals surface area contributed by atoms with Gasteiger partial charge in [-0.3, -0.25) is 10.1 Å². The van der Waals surface area contributed by atoms with Crippen molar-refractivity contribution in [2.45, 2.75) is 44.9 Å². The number of carbonyl (C=O) groups is 3. The standard InChI is InChI=1S/C18H22F2N2O9/c1-18(2,3)31-17(25)21-11(15(23)28-4)8-14(16(24)29-5)30-13-7-10(20)9(19)6-12(13)22(26)27/h6-7,11,14H,8H2,1-5H3,(H,21,25)/t11-,14-/m0/s1. The lowest BCUT2D eigenvalue weighted by Gasteiger charge is -2.24. The minimum atomic E-state index is -1.74. The molecule has 0 aliphatic carbocycles. The van der Waals surface area contributed by atoms with Gasteiger partial charge in [-0.15, -0.1) is 0 Å². The monoisotopic (exact) mass is 448 g/mol. The highest BCUT2D eigenvalue weighted by Crippen LogP contribution is 2.31. The quantitative estimate of drug-likeness (QED) is 0.274. The zero-order chi connectivity index (χ0) is 23.9. The third kappa shape index (κ3) is 7.68. The van der Waals surface area contributed by atoms with E-state index in [1.54, 1.807) is 20.8 Å². The van der Waals surface area contributed by atoms with Gasteiger partial charge in [0.15, 0.2) is 17.7 Å². The number of esters is 2. The van der Waals surface area contributed by atoms with E-state index in [0.29, 0.717) is 6.07 Å². The van der Waals surface area contributed by atoms with Gasteiger partial charge in [-0.05, 0) is 20.8 Å². The van der Waals surface area contributed by atoms with Gasteiger partial charge < -0.3 is 24.3 Å². The predicted octanol–water partition coefficient (Wildman–Crippen LogP) is 2.25. The van der Waals surface area contributed by atoms with Gasteiger partial charge in [0.25, 0.3) is 0 Å². The summed E-state index contributed by atoms with van der Waals surface area (Å²) in [4.78, 5) is 46.3. The van der Waals surface area contributed by atoms with Gasteiger partial charge in [0.05, 0.1) is 25.2 Å². The van der Waals surface area contributed by atoms with Crippen LogP contribution in [-0.4, -0.2) is 54.9 Å². The van der Waals surface area contributed by atoms with Crippen LogP contribution < -0.4 is 10.1 Å². The first-order valence-corrected chi connectivity index (χ1v) is 8.74. The fourth-order valence-electron chi connectivity index (χ4n) is 2.25. The molecule has 0 saturated carbocycles. The Labute approximate surface area is 175 Å². The van der Waals surface area contributed by atoms with Crippen molar-refractivity contribution in [2.75, 3.05) is 14.2 Å². The molecule has 11 nitrogen and oxygen atoms in total. The van der Waals surface area contributed by atoms with Crippen LogP contribution in [0, 0.1) is 21.7 Å². The molecule has 0 fully saturated rings. The smallest absolute Gasteiger partial charge is 0.408 e. The molecule has 1 N–H and O–H groups in total. The fraction of sp³-hybridized carbons (Fsp3) is 0.500. The van der Waals surface area contributed by atoms with E-state index in [4.69, 9.17) is 9.47 Å². The van der Waals surface area contributed by atoms with Gasteiger partial charge in [-0.1, -0.05) is 0 Å². The lowest BCUT2D eigenvalue weighted by Crippen LogP contribution is -2.47. The Bertz CT molecular complexity index is 855. The normalized spacial score (nSPS) is 12.9. The Kier molecular flexibility index (Phi) is 8.64. The number of ether oxygens (including phenoxy) is 4. The molecule has 0 saturated heterocycles. The lowest BCUT2D eigenvalue weighted by atomic mass is 10.1. The summed E-state index contributed by atoms with van der Waals surface area (Å²) in [6.45, 7) is 4.72. The highest BCUT2D eigenvalue weighted by Gasteiger charge is 2.34. The maximum Gasteiger partial charge on any atom is 0.408 e. The fourth-order valence-corrected chi connectivity index (χ4v) is 2.25. The van der Waals surface area contributed by atoms with Gasteiger partial charge in [0.1, 0.15) is 11.6 Å². The van der Waals surface area contributed by atoms with Gasteiger partial charge >= 0.3 is 23.7 Å². The van der Waals surface area contributed by atoms with Crippen molar-refractivity contribution in [3.05, 3.63) is 33.9 Å². The molecule has 0 aliphatic heterocycles. The van der Waals surface area contributed by atoms with Crippen LogP contribution in [0.15, 0.2) is 12.1 Å². The van der Waals surface area contributed by atoms with Crippen molar-refractivity contribution in [3.8, 4) is 5.75 Å². The maximum absolute atomic E-state index is 13.6. The number of hydrogen-bond donors (Lipinski definition) is 1. The minimum Gasteiger partial charge on any atom is -0.471 e. The average Bonchev–Trinajstić information content (AvgIpc) is 2.66. The number of amides is 1. The molecule has 0 spiro atoms. The molecular weight excluding hydrogens is 426 g/mol. The number of benzene rings is 1. The molecule has 31 heavy (non-hydrogen) atoms. The van der Waals surface area contributed by atoms with Gasteiger partial charge in [0.2, 0.25) is 5.75 Å². The highest BCUT2D eigenvalue weighted by atomic mass is 19.2. The first kappa shape index (κ1) is 25.5. The number of hydrogen-bond acceptors (Lipinski definition) is 9. The number of nitro benzene ring substituents is 1. The van der Waals surface area contributed by atoms with Crippen molar-refractivity contribution in [1.29, 1.82) is 0 Å². The number of methoxy groups -OCH3 is 2. The summed E-state index contributed by atoms with van der Waals surface area (Å²) in [6.07, 6.45) is -3.40. The van der Waals surface area contributed by atoms with E-state index in [0.717, 1.165) is 14.2 Å². The summed E-state index contributed by atoms with van der Waals surface area (Å²) < 4.78 is 46.3. The Hall–Kier alpha value is -3.51. The second-order valence-electron chi connectivity index (χ2n) is 7.08. The second-order valence-corrected chi connectivity index (χ2v) is 7.08. The molecule has 1 rings (SSSR count). The average molecular weight is 448 g/mol. The van der Waals surface area contributed by atoms with E-state index in [1.165, 1.54) is 0 Å². The van der Waals surface area contributed by atoms with Crippen LogP contribution in [0.3, 0.4) is 0 Å². The number of carbonyl (C=O) groups excluding carboxylic acids is 3.